The predicted octanol–water partition coefficient (Wildman–Crippen LogP) is 3.94. The van der Waals surface area contributed by atoms with Crippen LogP contribution in [-0.2, 0) is 6.54 Å². The van der Waals surface area contributed by atoms with Crippen LogP contribution in [0.25, 0.3) is 0 Å². The van der Waals surface area contributed by atoms with Crippen LogP contribution >= 0.6 is 11.6 Å². The second-order valence-corrected chi connectivity index (χ2v) is 5.89. The van der Waals surface area contributed by atoms with E-state index in [0.29, 0.717) is 18.5 Å². The van der Waals surface area contributed by atoms with Crippen LogP contribution < -0.4 is 5.32 Å². The van der Waals surface area contributed by atoms with Crippen molar-refractivity contribution in [3.05, 3.63) is 34.6 Å². The van der Waals surface area contributed by atoms with Crippen LogP contribution in [0, 0.1) is 11.7 Å². The summed E-state index contributed by atoms with van der Waals surface area (Å²) >= 11 is 5.68. The van der Waals surface area contributed by atoms with E-state index in [0.717, 1.165) is 12.1 Å². The van der Waals surface area contributed by atoms with Gasteiger partial charge in [0, 0.05) is 19.1 Å². The first-order chi connectivity index (χ1) is 9.49. The Kier molecular flexibility index (Phi) is 7.49. The van der Waals surface area contributed by atoms with Crippen molar-refractivity contribution in [3.8, 4) is 0 Å². The SMILES string of the molecule is CCC(CC)C(CNCc1ccc(Cl)c(F)c1)N(C)C. The van der Waals surface area contributed by atoms with Crippen LogP contribution in [0.15, 0.2) is 18.2 Å². The molecule has 1 unspecified atom stereocenters. The van der Waals surface area contributed by atoms with Gasteiger partial charge in [-0.2, -0.15) is 0 Å². The molecule has 0 saturated heterocycles. The number of benzene rings is 1. The molecule has 0 saturated carbocycles. The zero-order valence-corrected chi connectivity index (χ0v) is 13.7. The lowest BCUT2D eigenvalue weighted by Gasteiger charge is -2.31. The van der Waals surface area contributed by atoms with Crippen molar-refractivity contribution in [1.29, 1.82) is 0 Å². The molecule has 20 heavy (non-hydrogen) atoms. The van der Waals surface area contributed by atoms with Crippen LogP contribution in [-0.4, -0.2) is 31.6 Å². The van der Waals surface area contributed by atoms with E-state index in [-0.39, 0.29) is 10.8 Å². The van der Waals surface area contributed by atoms with Crippen molar-refractivity contribution >= 4 is 11.6 Å². The molecule has 0 bridgehead atoms. The number of likely N-dealkylation sites (N-methyl/N-ethyl adjacent to an activating group) is 1. The predicted molar refractivity (Wildman–Crippen MR) is 84.7 cm³/mol. The van der Waals surface area contributed by atoms with Crippen molar-refractivity contribution in [3.63, 3.8) is 0 Å². The molecule has 0 aliphatic rings. The summed E-state index contributed by atoms with van der Waals surface area (Å²) in [7, 11) is 4.24. The minimum Gasteiger partial charge on any atom is -0.311 e. The van der Waals surface area contributed by atoms with Crippen molar-refractivity contribution in [2.24, 2.45) is 5.92 Å². The molecule has 0 aliphatic heterocycles. The fourth-order valence-electron chi connectivity index (χ4n) is 2.62. The van der Waals surface area contributed by atoms with Crippen molar-refractivity contribution in [2.45, 2.75) is 39.3 Å². The third-order valence-electron chi connectivity index (χ3n) is 3.92. The molecule has 1 N–H and O–H groups in total. The molecule has 0 heterocycles. The van der Waals surface area contributed by atoms with Crippen LogP contribution in [0.4, 0.5) is 4.39 Å². The van der Waals surface area contributed by atoms with Gasteiger partial charge in [-0.3, -0.25) is 0 Å². The van der Waals surface area contributed by atoms with Crippen molar-refractivity contribution in [2.75, 3.05) is 20.6 Å². The highest BCUT2D eigenvalue weighted by atomic mass is 35.5. The van der Waals surface area contributed by atoms with E-state index in [1.54, 1.807) is 6.07 Å². The average molecular weight is 301 g/mol. The largest absolute Gasteiger partial charge is 0.311 e. The number of nitrogens with zero attached hydrogens (tertiary/aromatic N) is 1. The first kappa shape index (κ1) is 17.4. The van der Waals surface area contributed by atoms with Crippen molar-refractivity contribution < 1.29 is 4.39 Å². The van der Waals surface area contributed by atoms with Gasteiger partial charge in [0.05, 0.1) is 5.02 Å². The molecular weight excluding hydrogens is 275 g/mol. The third kappa shape index (κ3) is 5.04. The smallest absolute Gasteiger partial charge is 0.142 e. The maximum Gasteiger partial charge on any atom is 0.142 e. The van der Waals surface area contributed by atoms with E-state index >= 15 is 0 Å². The number of hydrogen-bond donors (Lipinski definition) is 1. The summed E-state index contributed by atoms with van der Waals surface area (Å²) in [5.41, 5.74) is 0.925. The normalized spacial score (nSPS) is 13.2. The molecule has 0 spiro atoms. The molecule has 1 aromatic carbocycles. The molecule has 4 heteroatoms. The Labute approximate surface area is 127 Å². The molecular formula is C16H26ClFN2. The van der Waals surface area contributed by atoms with Gasteiger partial charge in [-0.15, -0.1) is 0 Å². The number of nitrogens with one attached hydrogen (secondary N) is 1. The van der Waals surface area contributed by atoms with Crippen LogP contribution in [0.2, 0.25) is 5.02 Å². The minimum absolute atomic E-state index is 0.178. The quantitative estimate of drug-likeness (QED) is 0.782. The van der Waals surface area contributed by atoms with Gasteiger partial charge in [0.2, 0.25) is 0 Å². The molecule has 1 rings (SSSR count). The number of rotatable bonds is 8. The first-order valence-electron chi connectivity index (χ1n) is 7.30. The van der Waals surface area contributed by atoms with E-state index in [1.807, 2.05) is 6.07 Å². The molecule has 0 radical (unpaired) electrons. The van der Waals surface area contributed by atoms with Gasteiger partial charge in [0.25, 0.3) is 0 Å². The highest BCUT2D eigenvalue weighted by molar-refractivity contribution is 6.30. The second kappa shape index (κ2) is 8.60. The van der Waals surface area contributed by atoms with Gasteiger partial charge in [0.15, 0.2) is 0 Å². The number of hydrogen-bond acceptors (Lipinski definition) is 2. The Morgan fingerprint density at radius 2 is 1.90 bits per heavy atom. The summed E-state index contributed by atoms with van der Waals surface area (Å²) in [6.07, 6.45) is 2.35. The zero-order valence-electron chi connectivity index (χ0n) is 12.9. The summed E-state index contributed by atoms with van der Waals surface area (Å²) < 4.78 is 13.4. The summed E-state index contributed by atoms with van der Waals surface area (Å²) in [5, 5.41) is 3.61. The molecule has 1 aromatic rings. The standard InChI is InChI=1S/C16H26ClFN2/c1-5-13(6-2)16(20(3)4)11-19-10-12-7-8-14(17)15(18)9-12/h7-9,13,16,19H,5-6,10-11H2,1-4H3. The topological polar surface area (TPSA) is 15.3 Å². The Bertz CT molecular complexity index is 405. The Morgan fingerprint density at radius 1 is 1.25 bits per heavy atom. The summed E-state index contributed by atoms with van der Waals surface area (Å²) in [6, 6.07) is 5.47. The molecule has 114 valence electrons. The van der Waals surface area contributed by atoms with E-state index in [9.17, 15) is 4.39 Å². The van der Waals surface area contributed by atoms with Crippen molar-refractivity contribution in [1.82, 2.24) is 10.2 Å². The van der Waals surface area contributed by atoms with Gasteiger partial charge < -0.3 is 10.2 Å². The molecule has 0 aliphatic carbocycles. The highest BCUT2D eigenvalue weighted by Crippen LogP contribution is 2.17. The second-order valence-electron chi connectivity index (χ2n) is 5.49. The van der Waals surface area contributed by atoms with Gasteiger partial charge in [-0.25, -0.2) is 4.39 Å². The average Bonchev–Trinajstić information content (AvgIpc) is 2.42. The van der Waals surface area contributed by atoms with E-state index in [4.69, 9.17) is 11.6 Å². The zero-order chi connectivity index (χ0) is 15.1. The third-order valence-corrected chi connectivity index (χ3v) is 4.23. The number of halogens is 2. The lowest BCUT2D eigenvalue weighted by molar-refractivity contribution is 0.194. The minimum atomic E-state index is -0.352. The maximum atomic E-state index is 13.4. The van der Waals surface area contributed by atoms with Gasteiger partial charge in [-0.05, 0) is 37.7 Å². The van der Waals surface area contributed by atoms with Crippen LogP contribution in [0.1, 0.15) is 32.3 Å². The van der Waals surface area contributed by atoms with Gasteiger partial charge in [-0.1, -0.05) is 44.4 Å². The molecule has 0 fully saturated rings. The summed E-state index contributed by atoms with van der Waals surface area (Å²) in [6.45, 7) is 6.04. The fourth-order valence-corrected chi connectivity index (χ4v) is 2.74. The maximum absolute atomic E-state index is 13.4. The van der Waals surface area contributed by atoms with E-state index < -0.39 is 0 Å². The van der Waals surface area contributed by atoms with Crippen LogP contribution in [0.5, 0.6) is 0 Å². The molecule has 1 atom stereocenters. The first-order valence-corrected chi connectivity index (χ1v) is 7.68. The summed E-state index contributed by atoms with van der Waals surface area (Å²) in [4.78, 5) is 2.27. The molecule has 0 amide bonds. The van der Waals surface area contributed by atoms with Crippen LogP contribution in [0.3, 0.4) is 0 Å². The highest BCUT2D eigenvalue weighted by Gasteiger charge is 2.19. The lowest BCUT2D eigenvalue weighted by Crippen LogP contribution is -2.42. The van der Waals surface area contributed by atoms with E-state index in [1.165, 1.54) is 18.9 Å². The Morgan fingerprint density at radius 3 is 2.40 bits per heavy atom. The monoisotopic (exact) mass is 300 g/mol. The van der Waals surface area contributed by atoms with Gasteiger partial charge in [0.1, 0.15) is 5.82 Å². The van der Waals surface area contributed by atoms with Gasteiger partial charge >= 0.3 is 0 Å². The molecule has 0 aromatic heterocycles. The van der Waals surface area contributed by atoms with E-state index in [2.05, 4.69) is 38.2 Å². The Balaban J connectivity index is 2.53. The lowest BCUT2D eigenvalue weighted by atomic mass is 9.93. The Hall–Kier alpha value is -0.640. The fraction of sp³-hybridized carbons (Fsp3) is 0.625. The summed E-state index contributed by atoms with van der Waals surface area (Å²) in [5.74, 6) is 0.328. The molecule has 2 nitrogen and oxygen atoms in total.